The molecule has 0 unspecified atom stereocenters. The van der Waals surface area contributed by atoms with Gasteiger partial charge in [0, 0.05) is 24.9 Å². The number of rotatable bonds is 9. The summed E-state index contributed by atoms with van der Waals surface area (Å²) in [6.07, 6.45) is 5.59. The van der Waals surface area contributed by atoms with Gasteiger partial charge < -0.3 is 10.4 Å². The van der Waals surface area contributed by atoms with E-state index in [0.717, 1.165) is 25.0 Å². The van der Waals surface area contributed by atoms with Crippen molar-refractivity contribution < 1.29 is 14.7 Å². The molecule has 1 aromatic rings. The molecule has 0 saturated carbocycles. The fourth-order valence-corrected chi connectivity index (χ4v) is 1.60. The number of carboxylic acids is 1. The highest BCUT2D eigenvalue weighted by Gasteiger charge is 2.03. The van der Waals surface area contributed by atoms with Gasteiger partial charge in [-0.3, -0.25) is 14.7 Å². The number of aromatic amines is 1. The average molecular weight is 253 g/mol. The number of hydrogen-bond acceptors (Lipinski definition) is 3. The molecule has 1 heterocycles. The molecule has 0 bridgehead atoms. The Morgan fingerprint density at radius 2 is 2.06 bits per heavy atom. The van der Waals surface area contributed by atoms with Crippen LogP contribution >= 0.6 is 0 Å². The zero-order valence-electron chi connectivity index (χ0n) is 10.3. The average Bonchev–Trinajstić information content (AvgIpc) is 2.80. The van der Waals surface area contributed by atoms with E-state index in [4.69, 9.17) is 5.11 Å². The van der Waals surface area contributed by atoms with Gasteiger partial charge in [-0.2, -0.15) is 5.10 Å². The van der Waals surface area contributed by atoms with Crippen LogP contribution in [-0.2, 0) is 16.0 Å². The number of carbonyl (C=O) groups is 2. The SMILES string of the molecule is O=C(O)CCCCCCNC(=O)Cc1ccn[nH]1. The summed E-state index contributed by atoms with van der Waals surface area (Å²) in [5.41, 5.74) is 0.800. The summed E-state index contributed by atoms with van der Waals surface area (Å²) in [5, 5.41) is 17.8. The Bertz CT molecular complexity index is 363. The Morgan fingerprint density at radius 3 is 2.72 bits per heavy atom. The van der Waals surface area contributed by atoms with Crippen molar-refractivity contribution in [3.05, 3.63) is 18.0 Å². The standard InChI is InChI=1S/C12H19N3O3/c16-11(9-10-6-8-14-15-10)13-7-4-2-1-3-5-12(17)18/h6,8H,1-5,7,9H2,(H,13,16)(H,14,15)(H,17,18). The minimum atomic E-state index is -0.747. The summed E-state index contributed by atoms with van der Waals surface area (Å²) in [6.45, 7) is 0.639. The highest BCUT2D eigenvalue weighted by molar-refractivity contribution is 5.77. The number of aliphatic carboxylic acids is 1. The summed E-state index contributed by atoms with van der Waals surface area (Å²) in [7, 11) is 0. The molecule has 1 rings (SSSR count). The lowest BCUT2D eigenvalue weighted by Crippen LogP contribution is -2.26. The molecule has 0 aliphatic rings. The van der Waals surface area contributed by atoms with Crippen molar-refractivity contribution in [2.24, 2.45) is 0 Å². The Morgan fingerprint density at radius 1 is 1.28 bits per heavy atom. The molecule has 0 aliphatic carbocycles. The monoisotopic (exact) mass is 253 g/mol. The number of nitrogens with zero attached hydrogens (tertiary/aromatic N) is 1. The Labute approximate surface area is 106 Å². The second-order valence-corrected chi connectivity index (χ2v) is 4.17. The first-order chi connectivity index (χ1) is 8.68. The van der Waals surface area contributed by atoms with Gasteiger partial charge in [-0.15, -0.1) is 0 Å². The van der Waals surface area contributed by atoms with E-state index in [9.17, 15) is 9.59 Å². The van der Waals surface area contributed by atoms with Crippen LogP contribution in [0.25, 0.3) is 0 Å². The molecular formula is C12H19N3O3. The van der Waals surface area contributed by atoms with Gasteiger partial charge in [0.2, 0.25) is 5.91 Å². The topological polar surface area (TPSA) is 95.1 Å². The van der Waals surface area contributed by atoms with Crippen LogP contribution in [-0.4, -0.2) is 33.7 Å². The van der Waals surface area contributed by atoms with Crippen LogP contribution in [0, 0.1) is 0 Å². The van der Waals surface area contributed by atoms with Crippen molar-refractivity contribution >= 4 is 11.9 Å². The van der Waals surface area contributed by atoms with E-state index < -0.39 is 5.97 Å². The van der Waals surface area contributed by atoms with Crippen LogP contribution in [0.1, 0.15) is 37.8 Å². The number of amides is 1. The van der Waals surface area contributed by atoms with E-state index in [-0.39, 0.29) is 12.3 Å². The smallest absolute Gasteiger partial charge is 0.303 e. The molecule has 3 N–H and O–H groups in total. The Hall–Kier alpha value is -1.85. The molecule has 0 atom stereocenters. The van der Waals surface area contributed by atoms with Gasteiger partial charge >= 0.3 is 5.97 Å². The van der Waals surface area contributed by atoms with Crippen LogP contribution in [0.15, 0.2) is 12.3 Å². The van der Waals surface area contributed by atoms with E-state index in [0.29, 0.717) is 19.4 Å². The zero-order chi connectivity index (χ0) is 13.2. The number of aromatic nitrogens is 2. The number of hydrogen-bond donors (Lipinski definition) is 3. The number of nitrogens with one attached hydrogen (secondary N) is 2. The second kappa shape index (κ2) is 8.27. The number of H-pyrrole nitrogens is 1. The maximum atomic E-state index is 11.5. The molecule has 1 amide bonds. The van der Waals surface area contributed by atoms with Gasteiger partial charge in [0.05, 0.1) is 6.42 Å². The zero-order valence-corrected chi connectivity index (χ0v) is 10.3. The first kappa shape index (κ1) is 14.2. The molecule has 0 saturated heterocycles. The molecule has 0 spiro atoms. The molecule has 0 radical (unpaired) electrons. The van der Waals surface area contributed by atoms with E-state index in [2.05, 4.69) is 15.5 Å². The number of carboxylic acid groups (broad SMARTS) is 1. The summed E-state index contributed by atoms with van der Waals surface area (Å²) in [5.74, 6) is -0.771. The Balaban J connectivity index is 1.94. The van der Waals surface area contributed by atoms with Gasteiger partial charge in [0.15, 0.2) is 0 Å². The highest BCUT2D eigenvalue weighted by Crippen LogP contribution is 2.02. The van der Waals surface area contributed by atoms with Crippen LogP contribution in [0.3, 0.4) is 0 Å². The van der Waals surface area contributed by atoms with Crippen molar-refractivity contribution in [3.8, 4) is 0 Å². The second-order valence-electron chi connectivity index (χ2n) is 4.17. The number of unbranched alkanes of at least 4 members (excludes halogenated alkanes) is 3. The van der Waals surface area contributed by atoms with Gasteiger partial charge in [0.25, 0.3) is 0 Å². The fraction of sp³-hybridized carbons (Fsp3) is 0.583. The summed E-state index contributed by atoms with van der Waals surface area (Å²) < 4.78 is 0. The van der Waals surface area contributed by atoms with E-state index >= 15 is 0 Å². The van der Waals surface area contributed by atoms with Crippen molar-refractivity contribution in [2.75, 3.05) is 6.54 Å². The minimum Gasteiger partial charge on any atom is -0.481 e. The highest BCUT2D eigenvalue weighted by atomic mass is 16.4. The molecule has 0 fully saturated rings. The van der Waals surface area contributed by atoms with Crippen LogP contribution in [0.5, 0.6) is 0 Å². The van der Waals surface area contributed by atoms with Crippen molar-refractivity contribution in [1.29, 1.82) is 0 Å². The maximum absolute atomic E-state index is 11.5. The van der Waals surface area contributed by atoms with Crippen molar-refractivity contribution in [1.82, 2.24) is 15.5 Å². The lowest BCUT2D eigenvalue weighted by Gasteiger charge is -2.03. The summed E-state index contributed by atoms with van der Waals surface area (Å²) >= 11 is 0. The first-order valence-corrected chi connectivity index (χ1v) is 6.15. The quantitative estimate of drug-likeness (QED) is 0.574. The third kappa shape index (κ3) is 6.67. The molecule has 6 nitrogen and oxygen atoms in total. The largest absolute Gasteiger partial charge is 0.481 e. The molecular weight excluding hydrogens is 234 g/mol. The van der Waals surface area contributed by atoms with Crippen LogP contribution < -0.4 is 5.32 Å². The third-order valence-electron chi connectivity index (χ3n) is 2.55. The molecule has 0 aromatic carbocycles. The first-order valence-electron chi connectivity index (χ1n) is 6.15. The summed E-state index contributed by atoms with van der Waals surface area (Å²) in [4.78, 5) is 21.7. The molecule has 6 heteroatoms. The fourth-order valence-electron chi connectivity index (χ4n) is 1.60. The van der Waals surface area contributed by atoms with E-state index in [1.165, 1.54) is 0 Å². The summed E-state index contributed by atoms with van der Waals surface area (Å²) in [6, 6.07) is 1.77. The predicted octanol–water partition coefficient (Wildman–Crippen LogP) is 1.10. The lowest BCUT2D eigenvalue weighted by molar-refractivity contribution is -0.137. The molecule has 0 aliphatic heterocycles. The van der Waals surface area contributed by atoms with Gasteiger partial charge in [-0.25, -0.2) is 0 Å². The maximum Gasteiger partial charge on any atom is 0.303 e. The van der Waals surface area contributed by atoms with E-state index in [1.54, 1.807) is 12.3 Å². The predicted molar refractivity (Wildman–Crippen MR) is 66.0 cm³/mol. The van der Waals surface area contributed by atoms with E-state index in [1.807, 2.05) is 0 Å². The molecule has 100 valence electrons. The van der Waals surface area contributed by atoms with Gasteiger partial charge in [-0.05, 0) is 18.9 Å². The van der Waals surface area contributed by atoms with Crippen molar-refractivity contribution in [2.45, 2.75) is 38.5 Å². The minimum absolute atomic E-state index is 0.0233. The molecule has 18 heavy (non-hydrogen) atoms. The van der Waals surface area contributed by atoms with Crippen LogP contribution in [0.4, 0.5) is 0 Å². The Kier molecular flexibility index (Phi) is 6.53. The van der Waals surface area contributed by atoms with Gasteiger partial charge in [-0.1, -0.05) is 12.8 Å². The third-order valence-corrected chi connectivity index (χ3v) is 2.55. The van der Waals surface area contributed by atoms with Gasteiger partial charge in [0.1, 0.15) is 0 Å². The molecule has 1 aromatic heterocycles. The number of carbonyl (C=O) groups excluding carboxylic acids is 1. The normalized spacial score (nSPS) is 10.2. The van der Waals surface area contributed by atoms with Crippen molar-refractivity contribution in [3.63, 3.8) is 0 Å². The van der Waals surface area contributed by atoms with Crippen LogP contribution in [0.2, 0.25) is 0 Å². The lowest BCUT2D eigenvalue weighted by atomic mass is 10.1.